The standard InChI is InChI=1S/C18H22N4O3S/c1-20-8-9-22(18(20)26)11-21-6-4-13(5-7-21)17(23)19-14-2-3-15-16(10-14)25-12-24-15/h2-3,8-10,13H,4-7,11-12H2,1H3,(H,19,23). The van der Waals surface area contributed by atoms with Gasteiger partial charge in [-0.15, -0.1) is 0 Å². The van der Waals surface area contributed by atoms with Crippen molar-refractivity contribution in [1.82, 2.24) is 14.0 Å². The van der Waals surface area contributed by atoms with E-state index in [1.807, 2.05) is 42.2 Å². The fourth-order valence-corrected chi connectivity index (χ4v) is 3.57. The molecule has 1 aromatic heterocycles. The Morgan fingerprint density at radius 3 is 2.73 bits per heavy atom. The molecule has 8 heteroatoms. The Hall–Kier alpha value is -2.32. The van der Waals surface area contributed by atoms with Crippen molar-refractivity contribution >= 4 is 23.8 Å². The number of carbonyl (C=O) groups is 1. The van der Waals surface area contributed by atoms with Crippen molar-refractivity contribution in [3.8, 4) is 11.5 Å². The molecule has 2 aliphatic rings. The maximum absolute atomic E-state index is 12.6. The van der Waals surface area contributed by atoms with Crippen LogP contribution in [-0.4, -0.2) is 39.8 Å². The van der Waals surface area contributed by atoms with Crippen molar-refractivity contribution in [2.75, 3.05) is 25.2 Å². The number of nitrogens with one attached hydrogen (secondary N) is 1. The van der Waals surface area contributed by atoms with Gasteiger partial charge in [-0.1, -0.05) is 0 Å². The predicted octanol–water partition coefficient (Wildman–Crippen LogP) is 2.59. The molecule has 4 rings (SSSR count). The summed E-state index contributed by atoms with van der Waals surface area (Å²) < 4.78 is 15.5. The molecule has 1 aromatic carbocycles. The molecular formula is C18H22N4O3S. The van der Waals surface area contributed by atoms with Crippen LogP contribution < -0.4 is 14.8 Å². The van der Waals surface area contributed by atoms with Gasteiger partial charge in [0, 0.05) is 50.2 Å². The number of benzene rings is 1. The Morgan fingerprint density at radius 1 is 1.23 bits per heavy atom. The van der Waals surface area contributed by atoms with Crippen molar-refractivity contribution < 1.29 is 14.3 Å². The average Bonchev–Trinajstić information content (AvgIpc) is 3.23. The van der Waals surface area contributed by atoms with E-state index in [-0.39, 0.29) is 18.6 Å². The van der Waals surface area contributed by atoms with Crippen molar-refractivity contribution in [2.45, 2.75) is 19.5 Å². The number of hydrogen-bond donors (Lipinski definition) is 1. The molecule has 138 valence electrons. The first kappa shape index (κ1) is 17.1. The summed E-state index contributed by atoms with van der Waals surface area (Å²) in [7, 11) is 1.95. The van der Waals surface area contributed by atoms with Gasteiger partial charge in [0.15, 0.2) is 16.3 Å². The third kappa shape index (κ3) is 3.47. The lowest BCUT2D eigenvalue weighted by atomic mass is 9.96. The van der Waals surface area contributed by atoms with E-state index < -0.39 is 0 Å². The summed E-state index contributed by atoms with van der Waals surface area (Å²) in [6.45, 7) is 2.78. The summed E-state index contributed by atoms with van der Waals surface area (Å²) in [5.41, 5.74) is 0.747. The summed E-state index contributed by atoms with van der Waals surface area (Å²) >= 11 is 5.38. The summed E-state index contributed by atoms with van der Waals surface area (Å²) in [6.07, 6.45) is 5.65. The Morgan fingerprint density at radius 2 is 2.00 bits per heavy atom. The second kappa shape index (κ2) is 7.13. The minimum absolute atomic E-state index is 0.0282. The third-order valence-corrected chi connectivity index (χ3v) is 5.49. The van der Waals surface area contributed by atoms with E-state index in [0.717, 1.165) is 48.8 Å². The van der Waals surface area contributed by atoms with Gasteiger partial charge in [0.2, 0.25) is 12.7 Å². The van der Waals surface area contributed by atoms with Crippen molar-refractivity contribution in [3.05, 3.63) is 35.4 Å². The molecule has 0 atom stereocenters. The van der Waals surface area contributed by atoms with Gasteiger partial charge >= 0.3 is 0 Å². The first-order chi connectivity index (χ1) is 12.6. The minimum atomic E-state index is 0.0282. The van der Waals surface area contributed by atoms with Gasteiger partial charge in [-0.25, -0.2) is 0 Å². The molecule has 0 saturated carbocycles. The number of hydrogen-bond acceptors (Lipinski definition) is 5. The van der Waals surface area contributed by atoms with Gasteiger partial charge in [-0.3, -0.25) is 9.69 Å². The highest BCUT2D eigenvalue weighted by molar-refractivity contribution is 7.71. The lowest BCUT2D eigenvalue weighted by Crippen LogP contribution is -2.39. The minimum Gasteiger partial charge on any atom is -0.454 e. The first-order valence-corrected chi connectivity index (χ1v) is 9.15. The zero-order valence-electron chi connectivity index (χ0n) is 14.7. The fourth-order valence-electron chi connectivity index (χ4n) is 3.39. The number of fused-ring (bicyclic) bond motifs is 1. The molecule has 0 radical (unpaired) electrons. The SMILES string of the molecule is Cn1ccn(CN2CCC(C(=O)Nc3ccc4c(c3)OCO4)CC2)c1=S. The van der Waals surface area contributed by atoms with E-state index in [2.05, 4.69) is 14.8 Å². The van der Waals surface area contributed by atoms with Gasteiger partial charge < -0.3 is 23.9 Å². The van der Waals surface area contributed by atoms with Crippen LogP contribution in [0.25, 0.3) is 0 Å². The van der Waals surface area contributed by atoms with Crippen LogP contribution in [0.15, 0.2) is 30.6 Å². The fraction of sp³-hybridized carbons (Fsp3) is 0.444. The Labute approximate surface area is 157 Å². The normalized spacial score (nSPS) is 17.4. The Kier molecular flexibility index (Phi) is 4.69. The molecule has 0 bridgehead atoms. The molecule has 0 aliphatic carbocycles. The van der Waals surface area contributed by atoms with Gasteiger partial charge in [-0.05, 0) is 37.2 Å². The van der Waals surface area contributed by atoms with E-state index in [1.165, 1.54) is 0 Å². The Balaban J connectivity index is 1.31. The molecule has 1 saturated heterocycles. The van der Waals surface area contributed by atoms with E-state index in [1.54, 1.807) is 0 Å². The van der Waals surface area contributed by atoms with Gasteiger partial charge in [0.1, 0.15) is 0 Å². The van der Waals surface area contributed by atoms with Crippen LogP contribution in [0.5, 0.6) is 11.5 Å². The summed E-state index contributed by atoms with van der Waals surface area (Å²) in [5.74, 6) is 1.49. The molecule has 2 aromatic rings. The quantitative estimate of drug-likeness (QED) is 0.834. The van der Waals surface area contributed by atoms with E-state index in [0.29, 0.717) is 5.75 Å². The van der Waals surface area contributed by atoms with Crippen LogP contribution in [0, 0.1) is 10.7 Å². The van der Waals surface area contributed by atoms with E-state index in [9.17, 15) is 4.79 Å². The number of nitrogens with zero attached hydrogens (tertiary/aromatic N) is 3. The number of piperidine rings is 1. The van der Waals surface area contributed by atoms with E-state index in [4.69, 9.17) is 21.7 Å². The van der Waals surface area contributed by atoms with Crippen LogP contribution in [0.1, 0.15) is 12.8 Å². The first-order valence-electron chi connectivity index (χ1n) is 8.75. The smallest absolute Gasteiger partial charge is 0.231 e. The monoisotopic (exact) mass is 374 g/mol. The van der Waals surface area contributed by atoms with Crippen molar-refractivity contribution in [3.63, 3.8) is 0 Å². The highest BCUT2D eigenvalue weighted by Crippen LogP contribution is 2.34. The number of likely N-dealkylation sites (tertiary alicyclic amines) is 1. The average molecular weight is 374 g/mol. The van der Waals surface area contributed by atoms with Crippen molar-refractivity contribution in [2.24, 2.45) is 13.0 Å². The molecule has 0 unspecified atom stereocenters. The molecule has 26 heavy (non-hydrogen) atoms. The zero-order chi connectivity index (χ0) is 18.1. The van der Waals surface area contributed by atoms with Crippen molar-refractivity contribution in [1.29, 1.82) is 0 Å². The Bertz CT molecular complexity index is 868. The second-order valence-corrected chi connectivity index (χ2v) is 7.12. The lowest BCUT2D eigenvalue weighted by molar-refractivity contribution is -0.121. The van der Waals surface area contributed by atoms with Crippen LogP contribution in [0.4, 0.5) is 5.69 Å². The maximum atomic E-state index is 12.6. The molecule has 1 amide bonds. The molecule has 2 aliphatic heterocycles. The lowest BCUT2D eigenvalue weighted by Gasteiger charge is -2.31. The number of carbonyl (C=O) groups excluding carboxylic acids is 1. The molecule has 7 nitrogen and oxygen atoms in total. The molecule has 0 spiro atoms. The number of rotatable bonds is 4. The summed E-state index contributed by atoms with van der Waals surface area (Å²) in [5, 5.41) is 3.00. The zero-order valence-corrected chi connectivity index (χ0v) is 15.5. The third-order valence-electron chi connectivity index (χ3n) is 4.97. The molecule has 3 heterocycles. The molecule has 1 fully saturated rings. The summed E-state index contributed by atoms with van der Waals surface area (Å²) in [4.78, 5) is 14.9. The highest BCUT2D eigenvalue weighted by Gasteiger charge is 2.25. The van der Waals surface area contributed by atoms with Gasteiger partial charge in [0.25, 0.3) is 0 Å². The van der Waals surface area contributed by atoms with Crippen LogP contribution >= 0.6 is 12.2 Å². The highest BCUT2D eigenvalue weighted by atomic mass is 32.1. The number of anilines is 1. The summed E-state index contributed by atoms with van der Waals surface area (Å²) in [6, 6.07) is 5.48. The van der Waals surface area contributed by atoms with Crippen LogP contribution in [0.3, 0.4) is 0 Å². The van der Waals surface area contributed by atoms with E-state index >= 15 is 0 Å². The number of imidazole rings is 1. The van der Waals surface area contributed by atoms with Crippen LogP contribution in [-0.2, 0) is 18.5 Å². The number of aryl methyl sites for hydroxylation is 1. The maximum Gasteiger partial charge on any atom is 0.231 e. The molecular weight excluding hydrogens is 352 g/mol. The number of aromatic nitrogens is 2. The number of amides is 1. The largest absolute Gasteiger partial charge is 0.454 e. The van der Waals surface area contributed by atoms with Crippen LogP contribution in [0.2, 0.25) is 0 Å². The van der Waals surface area contributed by atoms with Gasteiger partial charge in [-0.2, -0.15) is 0 Å². The molecule has 1 N–H and O–H groups in total. The number of ether oxygens (including phenoxy) is 2. The topological polar surface area (TPSA) is 60.7 Å². The second-order valence-electron chi connectivity index (χ2n) is 6.75. The predicted molar refractivity (Wildman–Crippen MR) is 99.7 cm³/mol. The van der Waals surface area contributed by atoms with Gasteiger partial charge in [0.05, 0.1) is 6.67 Å².